The van der Waals surface area contributed by atoms with E-state index in [4.69, 9.17) is 0 Å². The molecule has 2 unspecified atom stereocenters. The van der Waals surface area contributed by atoms with E-state index >= 15 is 0 Å². The SMILES string of the molecule is CC(NC(CO)C(C)C)c1ccc(Br)cc1. The Hall–Kier alpha value is -0.380. The number of benzene rings is 1. The maximum Gasteiger partial charge on any atom is 0.0587 e. The lowest BCUT2D eigenvalue weighted by Crippen LogP contribution is -2.38. The molecule has 0 aromatic heterocycles. The molecule has 1 aromatic rings. The molecule has 0 radical (unpaired) electrons. The van der Waals surface area contributed by atoms with Gasteiger partial charge in [-0.15, -0.1) is 0 Å². The van der Waals surface area contributed by atoms with Crippen molar-refractivity contribution in [1.82, 2.24) is 5.32 Å². The number of rotatable bonds is 5. The quantitative estimate of drug-likeness (QED) is 0.871. The predicted molar refractivity (Wildman–Crippen MR) is 71.4 cm³/mol. The van der Waals surface area contributed by atoms with Crippen molar-refractivity contribution in [3.8, 4) is 0 Å². The van der Waals surface area contributed by atoms with Crippen LogP contribution in [-0.2, 0) is 0 Å². The number of hydrogen-bond acceptors (Lipinski definition) is 2. The van der Waals surface area contributed by atoms with Gasteiger partial charge in [0.1, 0.15) is 0 Å². The van der Waals surface area contributed by atoms with Gasteiger partial charge in [-0.3, -0.25) is 0 Å². The van der Waals surface area contributed by atoms with E-state index in [-0.39, 0.29) is 18.7 Å². The Morgan fingerprint density at radius 3 is 2.19 bits per heavy atom. The summed E-state index contributed by atoms with van der Waals surface area (Å²) in [6.07, 6.45) is 0. The second kappa shape index (κ2) is 6.38. The summed E-state index contributed by atoms with van der Waals surface area (Å²) in [6.45, 7) is 6.52. The molecule has 0 aliphatic heterocycles. The van der Waals surface area contributed by atoms with Crippen molar-refractivity contribution in [2.75, 3.05) is 6.61 Å². The van der Waals surface area contributed by atoms with Crippen LogP contribution in [0.4, 0.5) is 0 Å². The Morgan fingerprint density at radius 2 is 1.75 bits per heavy atom. The maximum atomic E-state index is 9.27. The fraction of sp³-hybridized carbons (Fsp3) is 0.538. The van der Waals surface area contributed by atoms with Crippen LogP contribution in [0.1, 0.15) is 32.4 Å². The molecule has 0 heterocycles. The molecule has 0 fully saturated rings. The summed E-state index contributed by atoms with van der Waals surface area (Å²) in [4.78, 5) is 0. The third kappa shape index (κ3) is 3.89. The van der Waals surface area contributed by atoms with Gasteiger partial charge in [0.15, 0.2) is 0 Å². The molecule has 2 nitrogen and oxygen atoms in total. The Bertz CT molecular complexity index is 310. The monoisotopic (exact) mass is 285 g/mol. The van der Waals surface area contributed by atoms with E-state index in [1.54, 1.807) is 0 Å². The summed E-state index contributed by atoms with van der Waals surface area (Å²) in [5.74, 6) is 0.433. The van der Waals surface area contributed by atoms with Crippen molar-refractivity contribution in [1.29, 1.82) is 0 Å². The molecule has 16 heavy (non-hydrogen) atoms. The topological polar surface area (TPSA) is 32.3 Å². The highest BCUT2D eigenvalue weighted by Crippen LogP contribution is 2.18. The average Bonchev–Trinajstić information content (AvgIpc) is 2.26. The molecule has 1 rings (SSSR count). The van der Waals surface area contributed by atoms with Crippen LogP contribution in [0.5, 0.6) is 0 Å². The summed E-state index contributed by atoms with van der Waals surface area (Å²) >= 11 is 3.42. The lowest BCUT2D eigenvalue weighted by Gasteiger charge is -2.25. The lowest BCUT2D eigenvalue weighted by atomic mass is 10.0. The molecule has 0 spiro atoms. The van der Waals surface area contributed by atoms with Crippen molar-refractivity contribution in [2.24, 2.45) is 5.92 Å². The van der Waals surface area contributed by atoms with Gasteiger partial charge < -0.3 is 10.4 Å². The fourth-order valence-corrected chi connectivity index (χ4v) is 1.89. The van der Waals surface area contributed by atoms with E-state index in [9.17, 15) is 5.11 Å². The van der Waals surface area contributed by atoms with E-state index < -0.39 is 0 Å². The lowest BCUT2D eigenvalue weighted by molar-refractivity contribution is 0.201. The van der Waals surface area contributed by atoms with Gasteiger partial charge in [-0.2, -0.15) is 0 Å². The minimum atomic E-state index is 0.152. The summed E-state index contributed by atoms with van der Waals surface area (Å²) in [7, 11) is 0. The van der Waals surface area contributed by atoms with Gasteiger partial charge in [0, 0.05) is 16.6 Å². The smallest absolute Gasteiger partial charge is 0.0587 e. The first-order valence-corrected chi connectivity index (χ1v) is 6.46. The fourth-order valence-electron chi connectivity index (χ4n) is 1.62. The van der Waals surface area contributed by atoms with Gasteiger partial charge >= 0.3 is 0 Å². The van der Waals surface area contributed by atoms with Crippen LogP contribution >= 0.6 is 15.9 Å². The third-order valence-corrected chi connectivity index (χ3v) is 3.36. The van der Waals surface area contributed by atoms with Crippen LogP contribution in [0, 0.1) is 5.92 Å². The number of aliphatic hydroxyl groups excluding tert-OH is 1. The molecule has 0 aliphatic rings. The average molecular weight is 286 g/mol. The molecule has 90 valence electrons. The van der Waals surface area contributed by atoms with Gasteiger partial charge in [-0.1, -0.05) is 41.9 Å². The first kappa shape index (κ1) is 13.7. The Labute approximate surface area is 106 Å². The minimum absolute atomic E-state index is 0.152. The minimum Gasteiger partial charge on any atom is -0.395 e. The third-order valence-electron chi connectivity index (χ3n) is 2.84. The zero-order valence-electron chi connectivity index (χ0n) is 10.1. The largest absolute Gasteiger partial charge is 0.395 e. The van der Waals surface area contributed by atoms with Crippen molar-refractivity contribution in [2.45, 2.75) is 32.9 Å². The molecule has 0 aliphatic carbocycles. The van der Waals surface area contributed by atoms with Crippen molar-refractivity contribution < 1.29 is 5.11 Å². The highest BCUT2D eigenvalue weighted by Gasteiger charge is 2.15. The normalized spacial score (nSPS) is 15.1. The molecule has 0 saturated heterocycles. The maximum absolute atomic E-state index is 9.27. The van der Waals surface area contributed by atoms with E-state index in [1.807, 2.05) is 12.1 Å². The van der Waals surface area contributed by atoms with Gasteiger partial charge in [-0.25, -0.2) is 0 Å². The first-order valence-electron chi connectivity index (χ1n) is 5.67. The van der Waals surface area contributed by atoms with E-state index in [0.717, 1.165) is 4.47 Å². The summed E-state index contributed by atoms with van der Waals surface area (Å²) in [5.41, 5.74) is 1.24. The van der Waals surface area contributed by atoms with Crippen molar-refractivity contribution >= 4 is 15.9 Å². The van der Waals surface area contributed by atoms with E-state index in [0.29, 0.717) is 5.92 Å². The molecule has 0 saturated carbocycles. The second-order valence-electron chi connectivity index (χ2n) is 4.47. The van der Waals surface area contributed by atoms with Crippen LogP contribution in [0.25, 0.3) is 0 Å². The van der Waals surface area contributed by atoms with Crippen LogP contribution in [0.3, 0.4) is 0 Å². The van der Waals surface area contributed by atoms with Crippen LogP contribution in [0.2, 0.25) is 0 Å². The first-order chi connectivity index (χ1) is 7.54. The molecular weight excluding hydrogens is 266 g/mol. The van der Waals surface area contributed by atoms with Crippen LogP contribution in [-0.4, -0.2) is 17.8 Å². The molecule has 3 heteroatoms. The predicted octanol–water partition coefficient (Wildman–Crippen LogP) is 3.12. The highest BCUT2D eigenvalue weighted by molar-refractivity contribution is 9.10. The number of nitrogens with one attached hydrogen (secondary N) is 1. The zero-order chi connectivity index (χ0) is 12.1. The summed E-state index contributed by atoms with van der Waals surface area (Å²) in [6, 6.07) is 8.67. The van der Waals surface area contributed by atoms with Gasteiger partial charge in [0.2, 0.25) is 0 Å². The molecule has 0 bridgehead atoms. The Morgan fingerprint density at radius 1 is 1.19 bits per heavy atom. The molecule has 1 aromatic carbocycles. The molecule has 2 N–H and O–H groups in total. The summed E-state index contributed by atoms with van der Waals surface area (Å²) in [5, 5.41) is 12.7. The van der Waals surface area contributed by atoms with E-state index in [1.165, 1.54) is 5.56 Å². The van der Waals surface area contributed by atoms with Gasteiger partial charge in [0.05, 0.1) is 6.61 Å². The number of hydrogen-bond donors (Lipinski definition) is 2. The molecule has 0 amide bonds. The molecule has 2 atom stereocenters. The van der Waals surface area contributed by atoms with Crippen LogP contribution < -0.4 is 5.32 Å². The second-order valence-corrected chi connectivity index (χ2v) is 5.39. The molecular formula is C13H20BrNO. The van der Waals surface area contributed by atoms with Crippen molar-refractivity contribution in [3.63, 3.8) is 0 Å². The standard InChI is InChI=1S/C13H20BrNO/c1-9(2)13(8-16)15-10(3)11-4-6-12(14)7-5-11/h4-7,9-10,13,15-16H,8H2,1-3H3. The highest BCUT2D eigenvalue weighted by atomic mass is 79.9. The van der Waals surface area contributed by atoms with Gasteiger partial charge in [0.25, 0.3) is 0 Å². The Balaban J connectivity index is 2.64. The number of halogens is 1. The van der Waals surface area contributed by atoms with Gasteiger partial charge in [-0.05, 0) is 30.5 Å². The Kier molecular flexibility index (Phi) is 5.46. The zero-order valence-corrected chi connectivity index (χ0v) is 11.7. The van der Waals surface area contributed by atoms with Crippen molar-refractivity contribution in [3.05, 3.63) is 34.3 Å². The number of aliphatic hydroxyl groups is 1. The van der Waals surface area contributed by atoms with E-state index in [2.05, 4.69) is 54.2 Å². The summed E-state index contributed by atoms with van der Waals surface area (Å²) < 4.78 is 1.09. The van der Waals surface area contributed by atoms with Crippen LogP contribution in [0.15, 0.2) is 28.7 Å².